The minimum Gasteiger partial charge on any atom is -0.459 e. The van der Waals surface area contributed by atoms with Gasteiger partial charge in [0, 0.05) is 38.1 Å². The molecular weight excluding hydrogens is 298 g/mol. The van der Waals surface area contributed by atoms with Crippen LogP contribution in [-0.2, 0) is 13.0 Å². The molecule has 0 spiro atoms. The summed E-state index contributed by atoms with van der Waals surface area (Å²) >= 11 is 1.75. The van der Waals surface area contributed by atoms with E-state index in [1.807, 2.05) is 4.90 Å². The smallest absolute Gasteiger partial charge is 0.289 e. The van der Waals surface area contributed by atoms with Crippen LogP contribution < -0.4 is 0 Å². The van der Waals surface area contributed by atoms with Crippen LogP contribution in [0.5, 0.6) is 0 Å². The number of hydrogen-bond donors (Lipinski definition) is 0. The average Bonchev–Trinajstić information content (AvgIpc) is 3.20. The predicted octanol–water partition coefficient (Wildman–Crippen LogP) is 2.65. The Hall–Kier alpha value is -1.66. The van der Waals surface area contributed by atoms with Crippen molar-refractivity contribution in [2.24, 2.45) is 0 Å². The molecule has 2 aromatic rings. The monoisotopic (exact) mass is 319 g/mol. The van der Waals surface area contributed by atoms with Crippen molar-refractivity contribution in [1.82, 2.24) is 14.8 Å². The number of hydrogen-bond acceptors (Lipinski definition) is 5. The van der Waals surface area contributed by atoms with Crippen molar-refractivity contribution < 1.29 is 9.21 Å². The second-order valence-electron chi connectivity index (χ2n) is 5.53. The van der Waals surface area contributed by atoms with Crippen molar-refractivity contribution in [1.29, 1.82) is 0 Å². The number of carbonyl (C=O) groups is 1. The number of furan rings is 1. The molecule has 5 nitrogen and oxygen atoms in total. The van der Waals surface area contributed by atoms with Gasteiger partial charge < -0.3 is 9.32 Å². The molecule has 0 aromatic carbocycles. The van der Waals surface area contributed by atoms with Gasteiger partial charge in [-0.2, -0.15) is 0 Å². The number of amides is 1. The van der Waals surface area contributed by atoms with Crippen LogP contribution in [0.1, 0.15) is 34.6 Å². The van der Waals surface area contributed by atoms with Crippen molar-refractivity contribution >= 4 is 17.2 Å². The van der Waals surface area contributed by atoms with E-state index < -0.39 is 0 Å². The third-order valence-corrected chi connectivity index (χ3v) is 4.80. The molecule has 0 saturated carbocycles. The van der Waals surface area contributed by atoms with Gasteiger partial charge >= 0.3 is 0 Å². The van der Waals surface area contributed by atoms with Gasteiger partial charge in [0.1, 0.15) is 0 Å². The highest BCUT2D eigenvalue weighted by molar-refractivity contribution is 7.09. The van der Waals surface area contributed by atoms with Crippen LogP contribution >= 0.6 is 11.3 Å². The van der Waals surface area contributed by atoms with Gasteiger partial charge in [0.2, 0.25) is 0 Å². The molecule has 3 rings (SSSR count). The molecule has 1 saturated heterocycles. The Morgan fingerprint density at radius 1 is 1.36 bits per heavy atom. The Morgan fingerprint density at radius 3 is 2.86 bits per heavy atom. The minimum absolute atomic E-state index is 0.0106. The van der Waals surface area contributed by atoms with Gasteiger partial charge in [-0.3, -0.25) is 9.69 Å². The van der Waals surface area contributed by atoms with Gasteiger partial charge in [0.05, 0.1) is 17.0 Å². The second kappa shape index (κ2) is 7.07. The Kier molecular flexibility index (Phi) is 4.90. The predicted molar refractivity (Wildman–Crippen MR) is 86.0 cm³/mol. The molecule has 0 atom stereocenters. The summed E-state index contributed by atoms with van der Waals surface area (Å²) in [6, 6.07) is 3.47. The van der Waals surface area contributed by atoms with E-state index in [1.165, 1.54) is 5.01 Å². The molecule has 0 aliphatic carbocycles. The van der Waals surface area contributed by atoms with E-state index >= 15 is 0 Å². The first-order valence-electron chi connectivity index (χ1n) is 7.74. The Morgan fingerprint density at radius 2 is 2.18 bits per heavy atom. The number of rotatable bonds is 5. The van der Waals surface area contributed by atoms with E-state index in [0.29, 0.717) is 5.76 Å². The SMILES string of the molecule is CCCc1nc(CN2CCN(C(=O)c3ccco3)CC2)cs1. The highest BCUT2D eigenvalue weighted by Gasteiger charge is 2.23. The first-order chi connectivity index (χ1) is 10.8. The van der Waals surface area contributed by atoms with E-state index in [1.54, 1.807) is 29.7 Å². The van der Waals surface area contributed by atoms with E-state index in [4.69, 9.17) is 4.42 Å². The molecule has 0 bridgehead atoms. The molecular formula is C16H21N3O2S. The summed E-state index contributed by atoms with van der Waals surface area (Å²) in [7, 11) is 0. The molecule has 22 heavy (non-hydrogen) atoms. The lowest BCUT2D eigenvalue weighted by molar-refractivity contribution is 0.0596. The van der Waals surface area contributed by atoms with Crippen molar-refractivity contribution in [2.45, 2.75) is 26.3 Å². The fourth-order valence-corrected chi connectivity index (χ4v) is 3.54. The zero-order chi connectivity index (χ0) is 15.4. The van der Waals surface area contributed by atoms with Crippen LogP contribution in [0.3, 0.4) is 0 Å². The second-order valence-corrected chi connectivity index (χ2v) is 6.47. The zero-order valence-corrected chi connectivity index (χ0v) is 13.6. The molecule has 1 fully saturated rings. The third-order valence-electron chi connectivity index (χ3n) is 3.84. The molecule has 118 valence electrons. The molecule has 1 aliphatic heterocycles. The van der Waals surface area contributed by atoms with Gasteiger partial charge in [-0.05, 0) is 25.0 Å². The summed E-state index contributed by atoms with van der Waals surface area (Å²) in [6.07, 6.45) is 3.75. The van der Waals surface area contributed by atoms with E-state index in [2.05, 4.69) is 22.2 Å². The maximum absolute atomic E-state index is 12.2. The molecule has 3 heterocycles. The Balaban J connectivity index is 1.50. The van der Waals surface area contributed by atoms with Crippen molar-refractivity contribution in [2.75, 3.05) is 26.2 Å². The highest BCUT2D eigenvalue weighted by Crippen LogP contribution is 2.15. The first-order valence-corrected chi connectivity index (χ1v) is 8.62. The maximum Gasteiger partial charge on any atom is 0.289 e. The molecule has 1 amide bonds. The van der Waals surface area contributed by atoms with Gasteiger partial charge in [0.15, 0.2) is 5.76 Å². The topological polar surface area (TPSA) is 49.6 Å². The summed E-state index contributed by atoms with van der Waals surface area (Å²) < 4.78 is 5.18. The number of nitrogens with zero attached hydrogens (tertiary/aromatic N) is 3. The largest absolute Gasteiger partial charge is 0.459 e. The van der Waals surface area contributed by atoms with Crippen LogP contribution in [0.25, 0.3) is 0 Å². The van der Waals surface area contributed by atoms with Gasteiger partial charge in [-0.25, -0.2) is 4.98 Å². The van der Waals surface area contributed by atoms with E-state index in [0.717, 1.165) is 51.3 Å². The molecule has 0 radical (unpaired) electrons. The number of piperazine rings is 1. The quantitative estimate of drug-likeness (QED) is 0.850. The molecule has 0 N–H and O–H groups in total. The molecule has 2 aromatic heterocycles. The first kappa shape index (κ1) is 15.2. The highest BCUT2D eigenvalue weighted by atomic mass is 32.1. The third kappa shape index (κ3) is 3.56. The number of aryl methyl sites for hydroxylation is 1. The van der Waals surface area contributed by atoms with Crippen LogP contribution in [0.4, 0.5) is 0 Å². The summed E-state index contributed by atoms with van der Waals surface area (Å²) in [5.74, 6) is 0.417. The molecule has 0 unspecified atom stereocenters. The lowest BCUT2D eigenvalue weighted by Crippen LogP contribution is -2.48. The number of aromatic nitrogens is 1. The van der Waals surface area contributed by atoms with Crippen LogP contribution in [0.15, 0.2) is 28.2 Å². The summed E-state index contributed by atoms with van der Waals surface area (Å²) in [5.41, 5.74) is 1.15. The summed E-state index contributed by atoms with van der Waals surface area (Å²) in [5, 5.41) is 3.38. The lowest BCUT2D eigenvalue weighted by Gasteiger charge is -2.33. The normalized spacial score (nSPS) is 16.1. The van der Waals surface area contributed by atoms with Crippen molar-refractivity contribution in [3.8, 4) is 0 Å². The average molecular weight is 319 g/mol. The molecule has 1 aliphatic rings. The molecule has 6 heteroatoms. The standard InChI is InChI=1S/C16H21N3O2S/c1-2-4-15-17-13(12-22-15)11-18-6-8-19(9-7-18)16(20)14-5-3-10-21-14/h3,5,10,12H,2,4,6-9,11H2,1H3. The van der Waals surface area contributed by atoms with Crippen LogP contribution in [-0.4, -0.2) is 46.9 Å². The lowest BCUT2D eigenvalue weighted by atomic mass is 10.2. The maximum atomic E-state index is 12.2. The Labute approximate surface area is 134 Å². The fourth-order valence-electron chi connectivity index (χ4n) is 2.64. The Bertz CT molecular complexity index is 601. The summed E-state index contributed by atoms with van der Waals surface area (Å²) in [6.45, 7) is 6.30. The number of thiazole rings is 1. The van der Waals surface area contributed by atoms with Crippen LogP contribution in [0.2, 0.25) is 0 Å². The van der Waals surface area contributed by atoms with Crippen LogP contribution in [0, 0.1) is 0 Å². The number of carbonyl (C=O) groups excluding carboxylic acids is 1. The minimum atomic E-state index is -0.0106. The van der Waals surface area contributed by atoms with E-state index in [9.17, 15) is 4.79 Å². The van der Waals surface area contributed by atoms with E-state index in [-0.39, 0.29) is 5.91 Å². The fraction of sp³-hybridized carbons (Fsp3) is 0.500. The van der Waals surface area contributed by atoms with Crippen molar-refractivity contribution in [3.05, 3.63) is 40.2 Å². The van der Waals surface area contributed by atoms with Crippen molar-refractivity contribution in [3.63, 3.8) is 0 Å². The van der Waals surface area contributed by atoms with Gasteiger partial charge in [0.25, 0.3) is 5.91 Å². The van der Waals surface area contributed by atoms with Gasteiger partial charge in [-0.1, -0.05) is 6.92 Å². The van der Waals surface area contributed by atoms with Gasteiger partial charge in [-0.15, -0.1) is 11.3 Å². The summed E-state index contributed by atoms with van der Waals surface area (Å²) in [4.78, 5) is 21.1. The zero-order valence-electron chi connectivity index (χ0n) is 12.8.